The summed E-state index contributed by atoms with van der Waals surface area (Å²) in [5, 5.41) is 1.33. The van der Waals surface area contributed by atoms with Crippen LogP contribution in [-0.4, -0.2) is 101 Å². The van der Waals surface area contributed by atoms with Crippen LogP contribution in [0.25, 0.3) is 21.1 Å². The number of ether oxygens (including phenoxy) is 5. The topological polar surface area (TPSA) is 112 Å². The summed E-state index contributed by atoms with van der Waals surface area (Å²) in [7, 11) is 1.53. The van der Waals surface area contributed by atoms with Gasteiger partial charge in [-0.15, -0.1) is 6.42 Å². The second-order valence-corrected chi connectivity index (χ2v) is 16.0. The summed E-state index contributed by atoms with van der Waals surface area (Å²) < 4.78 is 44.5. The quantitative estimate of drug-likeness (QED) is 0.135. The lowest BCUT2D eigenvalue weighted by Crippen LogP contribution is -2.57. The van der Waals surface area contributed by atoms with Crippen LogP contribution in [0.3, 0.4) is 0 Å². The Labute approximate surface area is 306 Å². The maximum Gasteiger partial charge on any atom is 0.410 e. The number of carbonyl (C=O) groups is 1. The van der Waals surface area contributed by atoms with Gasteiger partial charge in [0, 0.05) is 31.7 Å². The van der Waals surface area contributed by atoms with E-state index in [1.165, 1.54) is 24.5 Å². The number of rotatable bonds is 9. The minimum absolute atomic E-state index is 0.0131. The van der Waals surface area contributed by atoms with Gasteiger partial charge in [0.25, 0.3) is 5.19 Å². The standard InChI is InChI=1S/C38H43FN6O6S/c1-6-27-28(39)12-9-23-17-26(49-22-47-5)18-29(30(23)27)50-35-40-31-32(43-19-24-10-11-25(20-43)45(24)36(46)51-37(2,3)4)41-34(42-33(31)52-35)48-21-38-13-7-15-44(38)16-8-14-38/h1,9,12,17-18,24-25H,7-8,10-11,13-16,19-22H2,2-5H3. The van der Waals surface area contributed by atoms with Gasteiger partial charge in [0.15, 0.2) is 17.4 Å². The van der Waals surface area contributed by atoms with Crippen LogP contribution in [0, 0.1) is 18.2 Å². The zero-order chi connectivity index (χ0) is 36.2. The molecule has 274 valence electrons. The highest BCUT2D eigenvalue weighted by Gasteiger charge is 2.46. The third-order valence-electron chi connectivity index (χ3n) is 10.6. The van der Waals surface area contributed by atoms with Crippen molar-refractivity contribution in [2.75, 3.05) is 51.6 Å². The van der Waals surface area contributed by atoms with Crippen LogP contribution >= 0.6 is 11.3 Å². The second-order valence-electron chi connectivity index (χ2n) is 15.1. The first kappa shape index (κ1) is 34.6. The number of halogens is 1. The molecule has 2 atom stereocenters. The maximum absolute atomic E-state index is 15.0. The fourth-order valence-electron chi connectivity index (χ4n) is 8.35. The number of fused-ring (bicyclic) bond motifs is 5. The second kappa shape index (κ2) is 13.5. The molecule has 2 aromatic carbocycles. The predicted octanol–water partition coefficient (Wildman–Crippen LogP) is 6.73. The van der Waals surface area contributed by atoms with Crippen LogP contribution in [0.4, 0.5) is 15.0 Å². The van der Waals surface area contributed by atoms with Gasteiger partial charge in [0.1, 0.15) is 35.0 Å². The molecule has 52 heavy (non-hydrogen) atoms. The van der Waals surface area contributed by atoms with E-state index in [0.29, 0.717) is 52.4 Å². The number of hydrogen-bond acceptors (Lipinski definition) is 12. The van der Waals surface area contributed by atoms with Crippen molar-refractivity contribution in [1.82, 2.24) is 24.8 Å². The van der Waals surface area contributed by atoms with Gasteiger partial charge in [-0.25, -0.2) is 9.18 Å². The van der Waals surface area contributed by atoms with Crippen molar-refractivity contribution >= 4 is 44.4 Å². The number of hydrogen-bond donors (Lipinski definition) is 0. The van der Waals surface area contributed by atoms with Crippen molar-refractivity contribution in [3.05, 3.63) is 35.6 Å². The zero-order valence-electron chi connectivity index (χ0n) is 29.9. The number of carbonyl (C=O) groups excluding carboxylic acids is 1. The Balaban J connectivity index is 1.16. The van der Waals surface area contributed by atoms with E-state index in [0.717, 1.165) is 51.6 Å². The summed E-state index contributed by atoms with van der Waals surface area (Å²) in [4.78, 5) is 35.2. The minimum atomic E-state index is -0.586. The molecule has 4 aromatic rings. The van der Waals surface area contributed by atoms with Gasteiger partial charge in [-0.3, -0.25) is 9.80 Å². The summed E-state index contributed by atoms with van der Waals surface area (Å²) in [6, 6.07) is 6.56. The van der Waals surface area contributed by atoms with E-state index < -0.39 is 11.4 Å². The molecular formula is C38H43FN6O6S. The molecule has 0 radical (unpaired) electrons. The summed E-state index contributed by atoms with van der Waals surface area (Å²) in [5.74, 6) is 3.31. The summed E-state index contributed by atoms with van der Waals surface area (Å²) in [6.45, 7) is 9.47. The highest BCUT2D eigenvalue weighted by Crippen LogP contribution is 2.43. The van der Waals surface area contributed by atoms with Gasteiger partial charge in [-0.05, 0) is 89.9 Å². The number of nitrogens with zero attached hydrogens (tertiary/aromatic N) is 6. The number of anilines is 1. The Morgan fingerprint density at radius 2 is 1.83 bits per heavy atom. The first-order valence-electron chi connectivity index (χ1n) is 17.9. The molecule has 4 fully saturated rings. The lowest BCUT2D eigenvalue weighted by Gasteiger charge is -2.41. The lowest BCUT2D eigenvalue weighted by molar-refractivity contribution is 0.0122. The van der Waals surface area contributed by atoms with Crippen LogP contribution in [0.2, 0.25) is 0 Å². The highest BCUT2D eigenvalue weighted by molar-refractivity contribution is 7.19. The van der Waals surface area contributed by atoms with Crippen molar-refractivity contribution in [2.24, 2.45) is 0 Å². The molecule has 2 unspecified atom stereocenters. The average molecular weight is 731 g/mol. The van der Waals surface area contributed by atoms with Gasteiger partial charge >= 0.3 is 12.1 Å². The number of terminal acetylenes is 1. The fraction of sp³-hybridized carbons (Fsp3) is 0.526. The van der Waals surface area contributed by atoms with Crippen molar-refractivity contribution in [3.63, 3.8) is 0 Å². The molecule has 14 heteroatoms. The molecule has 2 aromatic heterocycles. The molecule has 12 nitrogen and oxygen atoms in total. The van der Waals surface area contributed by atoms with Gasteiger partial charge in [0.2, 0.25) is 0 Å². The zero-order valence-corrected chi connectivity index (χ0v) is 30.8. The molecule has 1 amide bonds. The van der Waals surface area contributed by atoms with Gasteiger partial charge in [-0.1, -0.05) is 23.3 Å². The Hall–Kier alpha value is -4.45. The van der Waals surface area contributed by atoms with E-state index >= 15 is 0 Å². The van der Waals surface area contributed by atoms with Crippen molar-refractivity contribution in [2.45, 2.75) is 82.5 Å². The third-order valence-corrected chi connectivity index (χ3v) is 11.4. The van der Waals surface area contributed by atoms with Crippen LogP contribution in [0.5, 0.6) is 22.7 Å². The van der Waals surface area contributed by atoms with Gasteiger partial charge < -0.3 is 28.6 Å². The molecule has 4 saturated heterocycles. The van der Waals surface area contributed by atoms with E-state index in [2.05, 4.69) is 15.7 Å². The summed E-state index contributed by atoms with van der Waals surface area (Å²) >= 11 is 1.24. The van der Waals surface area contributed by atoms with Crippen LogP contribution in [0.15, 0.2) is 24.3 Å². The Morgan fingerprint density at radius 3 is 2.52 bits per heavy atom. The Bertz CT molecular complexity index is 2040. The lowest BCUT2D eigenvalue weighted by atomic mass is 9.95. The molecule has 6 heterocycles. The van der Waals surface area contributed by atoms with E-state index in [-0.39, 0.29) is 53.0 Å². The van der Waals surface area contributed by atoms with Crippen molar-refractivity contribution in [3.8, 4) is 35.0 Å². The van der Waals surface area contributed by atoms with E-state index in [9.17, 15) is 9.18 Å². The monoisotopic (exact) mass is 730 g/mol. The van der Waals surface area contributed by atoms with Gasteiger partial charge in [-0.2, -0.15) is 15.0 Å². The molecule has 4 aliphatic heterocycles. The molecule has 4 aliphatic rings. The number of amides is 1. The molecular weight excluding hydrogens is 688 g/mol. The summed E-state index contributed by atoms with van der Waals surface area (Å²) in [6.07, 6.45) is 11.7. The largest absolute Gasteiger partial charge is 0.467 e. The minimum Gasteiger partial charge on any atom is -0.467 e. The average Bonchev–Trinajstić information content (AvgIpc) is 3.86. The number of methoxy groups -OCH3 is 1. The third kappa shape index (κ3) is 6.43. The number of aromatic nitrogens is 3. The normalized spacial score (nSPS) is 21.1. The Kier molecular flexibility index (Phi) is 9.00. The number of thiazole rings is 1. The molecule has 0 saturated carbocycles. The van der Waals surface area contributed by atoms with Crippen LogP contribution < -0.4 is 19.1 Å². The van der Waals surface area contributed by atoms with E-state index in [1.807, 2.05) is 25.7 Å². The highest BCUT2D eigenvalue weighted by atomic mass is 32.1. The maximum atomic E-state index is 15.0. The fourth-order valence-corrected chi connectivity index (χ4v) is 9.14. The SMILES string of the molecule is C#Cc1c(F)ccc2cc(OCOC)cc(Oc3nc4c(N5CC6CCC(C5)N6C(=O)OC(C)(C)C)nc(OCC56CCCN5CCC6)nc4s3)c12. The van der Waals surface area contributed by atoms with E-state index in [1.54, 1.807) is 18.2 Å². The van der Waals surface area contributed by atoms with Crippen LogP contribution in [0.1, 0.15) is 64.9 Å². The number of piperazine rings is 1. The number of benzene rings is 2. The van der Waals surface area contributed by atoms with Crippen molar-refractivity contribution < 1.29 is 32.9 Å². The van der Waals surface area contributed by atoms with Crippen LogP contribution in [-0.2, 0) is 9.47 Å². The molecule has 0 spiro atoms. The van der Waals surface area contributed by atoms with Gasteiger partial charge in [0.05, 0.1) is 23.2 Å². The smallest absolute Gasteiger partial charge is 0.410 e. The first-order valence-corrected chi connectivity index (χ1v) is 18.7. The molecule has 8 rings (SSSR count). The Morgan fingerprint density at radius 1 is 1.08 bits per heavy atom. The first-order chi connectivity index (χ1) is 25.0. The molecule has 0 N–H and O–H groups in total. The van der Waals surface area contributed by atoms with Crippen molar-refractivity contribution in [1.29, 1.82) is 0 Å². The predicted molar refractivity (Wildman–Crippen MR) is 195 cm³/mol. The summed E-state index contributed by atoms with van der Waals surface area (Å²) in [5.41, 5.74) is 0.0586. The molecule has 2 bridgehead atoms. The molecule has 0 aliphatic carbocycles. The van der Waals surface area contributed by atoms with E-state index in [4.69, 9.17) is 45.1 Å².